The number of nitrogens with two attached hydrogens (primary N) is 1. The molecule has 0 bridgehead atoms. The van der Waals surface area contributed by atoms with E-state index in [1.165, 1.54) is 0 Å². The van der Waals surface area contributed by atoms with E-state index in [9.17, 15) is 14.4 Å². The number of carbonyl (C=O) groups excluding carboxylic acids is 3. The van der Waals surface area contributed by atoms with Crippen LogP contribution in [0.2, 0.25) is 0 Å². The van der Waals surface area contributed by atoms with Gasteiger partial charge in [0.25, 0.3) is 0 Å². The van der Waals surface area contributed by atoms with Gasteiger partial charge < -0.3 is 26.0 Å². The fraction of sp³-hybridized carbons (Fsp3) is 0.643. The molecule has 3 amide bonds. The molecule has 2 fully saturated rings. The van der Waals surface area contributed by atoms with Gasteiger partial charge in [-0.2, -0.15) is 0 Å². The summed E-state index contributed by atoms with van der Waals surface area (Å²) in [6.07, 6.45) is 4.30. The van der Waals surface area contributed by atoms with E-state index in [2.05, 4.69) is 10.6 Å². The molecular formula is C28H43N5O4S. The molecule has 38 heavy (non-hydrogen) atoms. The molecule has 0 aromatic heterocycles. The van der Waals surface area contributed by atoms with Crippen LogP contribution in [-0.4, -0.2) is 65.2 Å². The minimum Gasteiger partial charge on any atom is -0.450 e. The van der Waals surface area contributed by atoms with E-state index >= 15 is 0 Å². The highest BCUT2D eigenvalue weighted by molar-refractivity contribution is 7.99. The molecule has 1 aromatic carbocycles. The molecule has 1 aliphatic heterocycles. The van der Waals surface area contributed by atoms with Crippen molar-refractivity contribution in [2.45, 2.75) is 81.9 Å². The first-order chi connectivity index (χ1) is 18.1. The zero-order chi connectivity index (χ0) is 27.7. The fourth-order valence-electron chi connectivity index (χ4n) is 5.26. The third kappa shape index (κ3) is 8.12. The third-order valence-corrected chi connectivity index (χ3v) is 9.08. The molecule has 3 rings (SSSR count). The summed E-state index contributed by atoms with van der Waals surface area (Å²) in [6.45, 7) is 6.84. The number of thioether (sulfide) groups is 1. The van der Waals surface area contributed by atoms with Crippen LogP contribution in [-0.2, 0) is 20.1 Å². The predicted octanol–water partition coefficient (Wildman–Crippen LogP) is 3.66. The van der Waals surface area contributed by atoms with Crippen molar-refractivity contribution in [3.05, 3.63) is 35.9 Å². The number of rotatable bonds is 11. The lowest BCUT2D eigenvalue weighted by Crippen LogP contribution is -2.60. The largest absolute Gasteiger partial charge is 0.450 e. The van der Waals surface area contributed by atoms with E-state index in [1.54, 1.807) is 23.6 Å². The smallest absolute Gasteiger partial charge is 0.407 e. The van der Waals surface area contributed by atoms with Gasteiger partial charge in [-0.15, -0.1) is 11.8 Å². The summed E-state index contributed by atoms with van der Waals surface area (Å²) in [4.78, 5) is 41.2. The van der Waals surface area contributed by atoms with E-state index < -0.39 is 22.9 Å². The molecular weight excluding hydrogens is 502 g/mol. The van der Waals surface area contributed by atoms with Crippen LogP contribution >= 0.6 is 11.8 Å². The first-order valence-corrected chi connectivity index (χ1v) is 14.6. The summed E-state index contributed by atoms with van der Waals surface area (Å²) in [5, 5.41) is 13.5. The number of hydrogen-bond acceptors (Lipinski definition) is 6. The average molecular weight is 546 g/mol. The Balaban J connectivity index is 1.65. The molecule has 1 saturated carbocycles. The topological polar surface area (TPSA) is 138 Å². The number of alkyl carbamates (subject to hydrolysis) is 1. The van der Waals surface area contributed by atoms with Crippen LogP contribution in [0.4, 0.5) is 4.79 Å². The molecule has 0 spiro atoms. The molecule has 9 nitrogen and oxygen atoms in total. The lowest BCUT2D eigenvalue weighted by atomic mass is 9.81. The number of nitrogens with one attached hydrogen (secondary N) is 3. The van der Waals surface area contributed by atoms with Crippen molar-refractivity contribution < 1.29 is 19.1 Å². The van der Waals surface area contributed by atoms with E-state index in [0.29, 0.717) is 31.2 Å². The molecule has 2 aliphatic rings. The van der Waals surface area contributed by atoms with Gasteiger partial charge in [0.1, 0.15) is 12.1 Å². The lowest BCUT2D eigenvalue weighted by molar-refractivity contribution is -0.140. The highest BCUT2D eigenvalue weighted by Crippen LogP contribution is 2.34. The number of carbonyl (C=O) groups is 3. The SMILES string of the molecule is CCOC(=O)N[C@@H](C(=O)N1CCC[C@H]1C(=O)NCC1CCC(C(=N)N)CC1)C(C)(C)SCc1ccccc1. The number of likely N-dealkylation sites (tertiary alicyclic amines) is 1. The lowest BCUT2D eigenvalue weighted by Gasteiger charge is -2.37. The molecule has 1 aliphatic carbocycles. The highest BCUT2D eigenvalue weighted by atomic mass is 32.2. The molecule has 210 valence electrons. The van der Waals surface area contributed by atoms with E-state index in [0.717, 1.165) is 37.7 Å². The molecule has 1 aromatic rings. The van der Waals surface area contributed by atoms with Crippen molar-refractivity contribution in [2.75, 3.05) is 19.7 Å². The van der Waals surface area contributed by atoms with Crippen molar-refractivity contribution in [3.8, 4) is 0 Å². The van der Waals surface area contributed by atoms with Gasteiger partial charge in [0.2, 0.25) is 11.8 Å². The number of nitrogens with zero attached hydrogens (tertiary/aromatic N) is 1. The van der Waals surface area contributed by atoms with Gasteiger partial charge in [0.15, 0.2) is 0 Å². The van der Waals surface area contributed by atoms with Crippen molar-refractivity contribution in [3.63, 3.8) is 0 Å². The van der Waals surface area contributed by atoms with Gasteiger partial charge in [-0.05, 0) is 70.8 Å². The van der Waals surface area contributed by atoms with Crippen LogP contribution < -0.4 is 16.4 Å². The normalized spacial score (nSPS) is 22.4. The van der Waals surface area contributed by atoms with Crippen LogP contribution in [0.3, 0.4) is 0 Å². The Hall–Kier alpha value is -2.75. The van der Waals surface area contributed by atoms with Crippen LogP contribution in [0.25, 0.3) is 0 Å². The van der Waals surface area contributed by atoms with Crippen molar-refractivity contribution in [2.24, 2.45) is 17.6 Å². The van der Waals surface area contributed by atoms with Gasteiger partial charge >= 0.3 is 6.09 Å². The maximum absolute atomic E-state index is 13.9. The van der Waals surface area contributed by atoms with E-state index in [1.807, 2.05) is 44.2 Å². The molecule has 1 heterocycles. The first kappa shape index (κ1) is 29.8. The van der Waals surface area contributed by atoms with E-state index in [-0.39, 0.29) is 30.2 Å². The molecule has 0 radical (unpaired) electrons. The maximum Gasteiger partial charge on any atom is 0.407 e. The second-order valence-electron chi connectivity index (χ2n) is 10.8. The third-order valence-electron chi connectivity index (χ3n) is 7.62. The summed E-state index contributed by atoms with van der Waals surface area (Å²) in [7, 11) is 0. The van der Waals surface area contributed by atoms with Gasteiger partial charge in [-0.1, -0.05) is 30.3 Å². The zero-order valence-electron chi connectivity index (χ0n) is 22.8. The number of hydrogen-bond donors (Lipinski definition) is 4. The summed E-state index contributed by atoms with van der Waals surface area (Å²) in [5.41, 5.74) is 6.78. The summed E-state index contributed by atoms with van der Waals surface area (Å²) >= 11 is 1.59. The number of ether oxygens (including phenoxy) is 1. The van der Waals surface area contributed by atoms with Crippen LogP contribution in [0.1, 0.15) is 64.9 Å². The van der Waals surface area contributed by atoms with Gasteiger partial charge in [-0.25, -0.2) is 4.79 Å². The molecule has 1 saturated heterocycles. The van der Waals surface area contributed by atoms with Crippen LogP contribution in [0.15, 0.2) is 30.3 Å². The Bertz CT molecular complexity index is 965. The number of amides is 3. The summed E-state index contributed by atoms with van der Waals surface area (Å²) in [6, 6.07) is 8.57. The standard InChI is InChI=1S/C28H43N5O4S/c1-4-37-27(36)32-23(28(2,3)38-18-20-9-6-5-7-10-20)26(35)33-16-8-11-22(33)25(34)31-17-19-12-14-21(15-13-19)24(29)30/h5-7,9-10,19,21-23H,4,8,11-18H2,1-3H3,(H3,29,30)(H,31,34)(H,32,36)/t19?,21?,22-,23-/m0/s1. The van der Waals surface area contributed by atoms with Crippen molar-refractivity contribution in [1.82, 2.24) is 15.5 Å². The second kappa shape index (κ2) is 13.9. The Labute approximate surface area is 230 Å². The van der Waals surface area contributed by atoms with Crippen molar-refractivity contribution in [1.29, 1.82) is 5.41 Å². The fourth-order valence-corrected chi connectivity index (χ4v) is 6.32. The molecule has 0 unspecified atom stereocenters. The summed E-state index contributed by atoms with van der Waals surface area (Å²) in [5.74, 6) is 1.03. The Morgan fingerprint density at radius 2 is 1.84 bits per heavy atom. The second-order valence-corrected chi connectivity index (χ2v) is 12.4. The zero-order valence-corrected chi connectivity index (χ0v) is 23.6. The molecule has 2 atom stereocenters. The Morgan fingerprint density at radius 1 is 1.16 bits per heavy atom. The van der Waals surface area contributed by atoms with Gasteiger partial charge in [0, 0.05) is 29.5 Å². The number of benzene rings is 1. The first-order valence-electron chi connectivity index (χ1n) is 13.7. The maximum atomic E-state index is 13.9. The monoisotopic (exact) mass is 545 g/mol. The quantitative estimate of drug-likeness (QED) is 0.247. The predicted molar refractivity (Wildman–Crippen MR) is 151 cm³/mol. The van der Waals surface area contributed by atoms with Crippen LogP contribution in [0, 0.1) is 17.2 Å². The Morgan fingerprint density at radius 3 is 2.47 bits per heavy atom. The van der Waals surface area contributed by atoms with Crippen molar-refractivity contribution >= 4 is 35.5 Å². The molecule has 10 heteroatoms. The Kier molecular flexibility index (Phi) is 10.9. The number of amidine groups is 1. The van der Waals surface area contributed by atoms with E-state index in [4.69, 9.17) is 15.9 Å². The minimum atomic E-state index is -0.856. The van der Waals surface area contributed by atoms with Gasteiger partial charge in [0.05, 0.1) is 12.4 Å². The minimum absolute atomic E-state index is 0.144. The average Bonchev–Trinajstić information content (AvgIpc) is 3.40. The highest BCUT2D eigenvalue weighted by Gasteiger charge is 2.44. The van der Waals surface area contributed by atoms with Gasteiger partial charge in [-0.3, -0.25) is 15.0 Å². The molecule has 5 N–H and O–H groups in total. The van der Waals surface area contributed by atoms with Crippen LogP contribution in [0.5, 0.6) is 0 Å². The summed E-state index contributed by atoms with van der Waals surface area (Å²) < 4.78 is 4.46.